The summed E-state index contributed by atoms with van der Waals surface area (Å²) in [5.41, 5.74) is 0.881. The molecule has 0 saturated heterocycles. The minimum absolute atomic E-state index is 0.0779. The van der Waals surface area contributed by atoms with Gasteiger partial charge in [0.2, 0.25) is 0 Å². The number of amides is 2. The molecule has 0 radical (unpaired) electrons. The van der Waals surface area contributed by atoms with Crippen LogP contribution in [0.2, 0.25) is 5.15 Å². The zero-order valence-corrected chi connectivity index (χ0v) is 18.4. The Labute approximate surface area is 196 Å². The minimum atomic E-state index is -4.64. The van der Waals surface area contributed by atoms with Gasteiger partial charge in [-0.25, -0.2) is 14.3 Å². The number of rotatable bonds is 6. The number of pyridine rings is 1. The topological polar surface area (TPSA) is 93.4 Å². The number of aromatic nitrogens is 4. The number of hydrogen-bond donors (Lipinski definition) is 2. The van der Waals surface area contributed by atoms with E-state index >= 15 is 0 Å². The number of benzene rings is 1. The fourth-order valence-corrected chi connectivity index (χ4v) is 3.41. The lowest BCUT2D eigenvalue weighted by Gasteiger charge is -2.19. The van der Waals surface area contributed by atoms with E-state index in [0.29, 0.717) is 17.9 Å². The van der Waals surface area contributed by atoms with Crippen LogP contribution in [0.5, 0.6) is 0 Å². The summed E-state index contributed by atoms with van der Waals surface area (Å²) >= 11 is 6.04. The van der Waals surface area contributed by atoms with E-state index in [9.17, 15) is 18.0 Å². The first-order chi connectivity index (χ1) is 16.2. The maximum Gasteiger partial charge on any atom is 0.433 e. The molecular formula is C22H18ClF3N6O2. The molecule has 2 amide bonds. The molecule has 1 aromatic carbocycles. The SMILES string of the molecule is CC(OCc1ccccc1)c1c(NC(=O)Nc2ccnc(C(F)(F)F)c2)cnc2cc(Cl)nn12. The van der Waals surface area contributed by atoms with Gasteiger partial charge in [-0.05, 0) is 24.6 Å². The van der Waals surface area contributed by atoms with E-state index in [1.807, 2.05) is 30.3 Å². The number of carbonyl (C=O) groups is 1. The summed E-state index contributed by atoms with van der Waals surface area (Å²) in [6.07, 6.45) is -2.84. The monoisotopic (exact) mass is 490 g/mol. The molecule has 0 bridgehead atoms. The van der Waals surface area contributed by atoms with Crippen LogP contribution in [0.15, 0.2) is 60.9 Å². The van der Waals surface area contributed by atoms with Crippen molar-refractivity contribution in [1.29, 1.82) is 0 Å². The molecule has 4 aromatic rings. The summed E-state index contributed by atoms with van der Waals surface area (Å²) in [6, 6.07) is 12.3. The molecule has 0 fully saturated rings. The standard InChI is InChI=1S/C22H18ClF3N6O2/c1-13(34-12-14-5-3-2-4-6-14)20-16(11-28-19-10-18(23)31-32(19)20)30-21(33)29-15-7-8-27-17(9-15)22(24,25)26/h2-11,13H,12H2,1H3,(H2,27,29,30,33). The quantitative estimate of drug-likeness (QED) is 0.360. The first-order valence-electron chi connectivity index (χ1n) is 10.0. The Kier molecular flexibility index (Phi) is 6.66. The number of ether oxygens (including phenoxy) is 1. The van der Waals surface area contributed by atoms with Crippen LogP contribution in [0.1, 0.15) is 30.0 Å². The highest BCUT2D eigenvalue weighted by Crippen LogP contribution is 2.30. The number of fused-ring (bicyclic) bond motifs is 1. The van der Waals surface area contributed by atoms with E-state index in [2.05, 4.69) is 25.7 Å². The normalized spacial score (nSPS) is 12.5. The van der Waals surface area contributed by atoms with E-state index in [4.69, 9.17) is 16.3 Å². The maximum atomic E-state index is 12.9. The highest BCUT2D eigenvalue weighted by Gasteiger charge is 2.32. The Morgan fingerprint density at radius 3 is 2.65 bits per heavy atom. The summed E-state index contributed by atoms with van der Waals surface area (Å²) in [7, 11) is 0. The van der Waals surface area contributed by atoms with Gasteiger partial charge in [0.15, 0.2) is 10.8 Å². The minimum Gasteiger partial charge on any atom is -0.367 e. The second-order valence-corrected chi connectivity index (χ2v) is 7.63. The predicted molar refractivity (Wildman–Crippen MR) is 120 cm³/mol. The number of hydrogen-bond acceptors (Lipinski definition) is 5. The van der Waals surface area contributed by atoms with Crippen LogP contribution < -0.4 is 10.6 Å². The van der Waals surface area contributed by atoms with Crippen molar-refractivity contribution < 1.29 is 22.7 Å². The predicted octanol–water partition coefficient (Wildman–Crippen LogP) is 5.72. The van der Waals surface area contributed by atoms with Crippen LogP contribution in [0.25, 0.3) is 5.65 Å². The van der Waals surface area contributed by atoms with Crippen molar-refractivity contribution in [1.82, 2.24) is 19.6 Å². The first-order valence-corrected chi connectivity index (χ1v) is 10.4. The van der Waals surface area contributed by atoms with Gasteiger partial charge in [0.05, 0.1) is 30.3 Å². The molecule has 0 aliphatic carbocycles. The third-order valence-corrected chi connectivity index (χ3v) is 4.96. The molecule has 176 valence electrons. The molecule has 3 aromatic heterocycles. The van der Waals surface area contributed by atoms with Crippen molar-refractivity contribution in [2.45, 2.75) is 25.8 Å². The molecule has 0 saturated carbocycles. The highest BCUT2D eigenvalue weighted by atomic mass is 35.5. The summed E-state index contributed by atoms with van der Waals surface area (Å²) in [5, 5.41) is 9.38. The Bertz CT molecular complexity index is 1310. The summed E-state index contributed by atoms with van der Waals surface area (Å²) in [5.74, 6) is 0. The third-order valence-electron chi connectivity index (χ3n) is 4.78. The Morgan fingerprint density at radius 1 is 1.15 bits per heavy atom. The van der Waals surface area contributed by atoms with Crippen molar-refractivity contribution in [3.05, 3.63) is 83.0 Å². The van der Waals surface area contributed by atoms with Gasteiger partial charge >= 0.3 is 12.2 Å². The molecule has 12 heteroatoms. The number of halogens is 4. The zero-order valence-electron chi connectivity index (χ0n) is 17.7. The summed E-state index contributed by atoms with van der Waals surface area (Å²) in [6.45, 7) is 2.07. The second-order valence-electron chi connectivity index (χ2n) is 7.24. The van der Waals surface area contributed by atoms with Crippen LogP contribution in [0.4, 0.5) is 29.3 Å². The fourth-order valence-electron chi connectivity index (χ4n) is 3.23. The molecule has 8 nitrogen and oxygen atoms in total. The number of urea groups is 1. The first kappa shape index (κ1) is 23.5. The van der Waals surface area contributed by atoms with E-state index in [1.54, 1.807) is 13.0 Å². The van der Waals surface area contributed by atoms with Crippen LogP contribution in [-0.4, -0.2) is 25.6 Å². The van der Waals surface area contributed by atoms with Crippen LogP contribution >= 0.6 is 11.6 Å². The van der Waals surface area contributed by atoms with Gasteiger partial charge in [-0.15, -0.1) is 0 Å². The smallest absolute Gasteiger partial charge is 0.367 e. The lowest BCUT2D eigenvalue weighted by molar-refractivity contribution is -0.141. The van der Waals surface area contributed by atoms with Crippen LogP contribution in [0.3, 0.4) is 0 Å². The van der Waals surface area contributed by atoms with E-state index in [-0.39, 0.29) is 16.5 Å². The van der Waals surface area contributed by atoms with Gasteiger partial charge in [-0.2, -0.15) is 18.3 Å². The van der Waals surface area contributed by atoms with E-state index < -0.39 is 24.0 Å². The Morgan fingerprint density at radius 2 is 1.91 bits per heavy atom. The van der Waals surface area contributed by atoms with Gasteiger partial charge in [0, 0.05) is 18.0 Å². The van der Waals surface area contributed by atoms with Crippen molar-refractivity contribution in [2.75, 3.05) is 10.6 Å². The molecule has 0 aliphatic rings. The Balaban J connectivity index is 1.57. The third kappa shape index (κ3) is 5.43. The molecule has 3 heterocycles. The molecule has 34 heavy (non-hydrogen) atoms. The van der Waals surface area contributed by atoms with Crippen molar-refractivity contribution in [2.24, 2.45) is 0 Å². The molecule has 2 N–H and O–H groups in total. The average molecular weight is 491 g/mol. The number of anilines is 2. The molecule has 0 spiro atoms. The van der Waals surface area contributed by atoms with Crippen molar-refractivity contribution >= 4 is 34.7 Å². The Hall–Kier alpha value is -3.70. The maximum absolute atomic E-state index is 12.9. The number of nitrogens with zero attached hydrogens (tertiary/aromatic N) is 4. The van der Waals surface area contributed by atoms with Crippen molar-refractivity contribution in [3.8, 4) is 0 Å². The van der Waals surface area contributed by atoms with Gasteiger partial charge < -0.3 is 15.4 Å². The number of alkyl halides is 3. The summed E-state index contributed by atoms with van der Waals surface area (Å²) < 4.78 is 46.2. The van der Waals surface area contributed by atoms with Crippen LogP contribution in [-0.2, 0) is 17.5 Å². The van der Waals surface area contributed by atoms with E-state index in [0.717, 1.165) is 17.8 Å². The molecule has 1 unspecified atom stereocenters. The molecule has 4 rings (SSSR count). The average Bonchev–Trinajstić information content (AvgIpc) is 3.17. The van der Waals surface area contributed by atoms with Crippen molar-refractivity contribution in [3.63, 3.8) is 0 Å². The number of carbonyl (C=O) groups excluding carboxylic acids is 1. The van der Waals surface area contributed by atoms with Gasteiger partial charge in [0.1, 0.15) is 5.69 Å². The largest absolute Gasteiger partial charge is 0.433 e. The zero-order chi connectivity index (χ0) is 24.3. The lowest BCUT2D eigenvalue weighted by atomic mass is 10.2. The number of nitrogens with one attached hydrogen (secondary N) is 2. The fraction of sp³-hybridized carbons (Fsp3) is 0.182. The summed E-state index contributed by atoms with van der Waals surface area (Å²) in [4.78, 5) is 20.1. The molecule has 0 aliphatic heterocycles. The van der Waals surface area contributed by atoms with E-state index in [1.165, 1.54) is 16.8 Å². The molecular weight excluding hydrogens is 473 g/mol. The lowest BCUT2D eigenvalue weighted by Crippen LogP contribution is -2.23. The van der Waals surface area contributed by atoms with Crippen LogP contribution in [0, 0.1) is 0 Å². The second kappa shape index (κ2) is 9.65. The molecule has 1 atom stereocenters. The van der Waals surface area contributed by atoms with Gasteiger partial charge in [0.25, 0.3) is 0 Å². The van der Waals surface area contributed by atoms with Gasteiger partial charge in [-0.1, -0.05) is 41.9 Å². The van der Waals surface area contributed by atoms with Gasteiger partial charge in [-0.3, -0.25) is 4.98 Å². The highest BCUT2D eigenvalue weighted by molar-refractivity contribution is 6.29.